The van der Waals surface area contributed by atoms with Crippen LogP contribution in [0.15, 0.2) is 0 Å². The van der Waals surface area contributed by atoms with Crippen LogP contribution in [0, 0.1) is 0 Å². The summed E-state index contributed by atoms with van der Waals surface area (Å²) in [5.41, 5.74) is 3.31. The monoisotopic (exact) mass is 277 g/mol. The highest BCUT2D eigenvalue weighted by Gasteiger charge is 2.29. The van der Waals surface area contributed by atoms with Gasteiger partial charge in [-0.2, -0.15) is 0 Å². The Hall–Kier alpha value is -0.770. The Morgan fingerprint density at radius 3 is 3.06 bits per heavy atom. The molecule has 0 spiro atoms. The van der Waals surface area contributed by atoms with Crippen LogP contribution in [0.5, 0.6) is 0 Å². The van der Waals surface area contributed by atoms with E-state index in [-0.39, 0.29) is 17.5 Å². The molecule has 7 nitrogen and oxygen atoms in total. The fourth-order valence-corrected chi connectivity index (χ4v) is 3.99. The van der Waals surface area contributed by atoms with E-state index in [0.717, 1.165) is 10.7 Å². The number of nitrogens with one attached hydrogen (secondary N) is 1. The Morgan fingerprint density at radius 2 is 2.41 bits per heavy atom. The van der Waals surface area contributed by atoms with E-state index in [1.54, 1.807) is 0 Å². The molecule has 96 valence electrons. The topological polar surface area (TPSA) is 101 Å². The summed E-state index contributed by atoms with van der Waals surface area (Å²) >= 11 is 1.20. The van der Waals surface area contributed by atoms with Crippen molar-refractivity contribution in [2.75, 3.05) is 23.5 Å². The zero-order chi connectivity index (χ0) is 12.5. The molecule has 0 amide bonds. The Labute approximate surface area is 104 Å². The first kappa shape index (κ1) is 12.7. The summed E-state index contributed by atoms with van der Waals surface area (Å²) in [5, 5.41) is 4.71. The number of sulfone groups is 1. The first-order valence-electron chi connectivity index (χ1n) is 5.24. The number of aromatic nitrogens is 2. The van der Waals surface area contributed by atoms with Gasteiger partial charge >= 0.3 is 0 Å². The Morgan fingerprint density at radius 1 is 1.65 bits per heavy atom. The predicted molar refractivity (Wildman–Crippen MR) is 66.2 cm³/mol. The largest absolute Gasteiger partial charge is 0.313 e. The quantitative estimate of drug-likeness (QED) is 0.564. The summed E-state index contributed by atoms with van der Waals surface area (Å²) in [5.74, 6) is 5.76. The van der Waals surface area contributed by atoms with Crippen LogP contribution in [0.1, 0.15) is 12.6 Å². The van der Waals surface area contributed by atoms with E-state index in [9.17, 15) is 8.42 Å². The Balaban J connectivity index is 2.05. The standard InChI is InChI=1S/C8H15N5O2S2/c1-6-5-17(14,15)3-2-13(6)4-7-8(10-9)16-12-11-7/h6,10H,2-5,9H2,1H3. The van der Waals surface area contributed by atoms with Crippen molar-refractivity contribution in [3.8, 4) is 0 Å². The van der Waals surface area contributed by atoms with Gasteiger partial charge in [0.15, 0.2) is 9.84 Å². The van der Waals surface area contributed by atoms with E-state index < -0.39 is 9.84 Å². The summed E-state index contributed by atoms with van der Waals surface area (Å²) < 4.78 is 26.7. The third-order valence-electron chi connectivity index (χ3n) is 2.85. The van der Waals surface area contributed by atoms with Gasteiger partial charge in [-0.05, 0) is 6.92 Å². The third-order valence-corrected chi connectivity index (χ3v) is 5.34. The van der Waals surface area contributed by atoms with Gasteiger partial charge in [-0.3, -0.25) is 4.90 Å². The van der Waals surface area contributed by atoms with Crippen LogP contribution < -0.4 is 11.3 Å². The van der Waals surface area contributed by atoms with Crippen LogP contribution in [0.2, 0.25) is 0 Å². The number of hydrogen-bond acceptors (Lipinski definition) is 8. The molecule has 1 fully saturated rings. The maximum absolute atomic E-state index is 11.4. The molecule has 0 radical (unpaired) electrons. The Kier molecular flexibility index (Phi) is 3.61. The van der Waals surface area contributed by atoms with Crippen LogP contribution >= 0.6 is 11.5 Å². The minimum Gasteiger partial charge on any atom is -0.313 e. The SMILES string of the molecule is CC1CS(=O)(=O)CCN1Cc1nnsc1NN. The van der Waals surface area contributed by atoms with E-state index in [1.165, 1.54) is 11.5 Å². The molecule has 1 aromatic rings. The number of nitrogen functional groups attached to an aromatic ring is 1. The molecule has 9 heteroatoms. The molecule has 1 atom stereocenters. The van der Waals surface area contributed by atoms with E-state index in [4.69, 9.17) is 5.84 Å². The smallest absolute Gasteiger partial charge is 0.153 e. The number of anilines is 1. The highest BCUT2D eigenvalue weighted by molar-refractivity contribution is 7.91. The fraction of sp³-hybridized carbons (Fsp3) is 0.750. The molecule has 17 heavy (non-hydrogen) atoms. The maximum atomic E-state index is 11.4. The van der Waals surface area contributed by atoms with Gasteiger partial charge in [0.05, 0.1) is 11.5 Å². The highest BCUT2D eigenvalue weighted by Crippen LogP contribution is 2.21. The molecule has 3 N–H and O–H groups in total. The molecule has 2 heterocycles. The normalized spacial score (nSPS) is 24.7. The van der Waals surface area contributed by atoms with Crippen molar-refractivity contribution in [3.63, 3.8) is 0 Å². The van der Waals surface area contributed by atoms with Crippen LogP contribution in [0.3, 0.4) is 0 Å². The Bertz CT molecular complexity index is 486. The van der Waals surface area contributed by atoms with Crippen molar-refractivity contribution in [3.05, 3.63) is 5.69 Å². The van der Waals surface area contributed by atoms with Gasteiger partial charge in [0.1, 0.15) is 10.7 Å². The number of hydrazine groups is 1. The lowest BCUT2D eigenvalue weighted by Gasteiger charge is -2.32. The molecule has 0 saturated carbocycles. The third kappa shape index (κ3) is 2.92. The van der Waals surface area contributed by atoms with E-state index in [0.29, 0.717) is 13.1 Å². The molecule has 0 aromatic carbocycles. The molecule has 0 aliphatic carbocycles. The van der Waals surface area contributed by atoms with Crippen LogP contribution in [0.25, 0.3) is 0 Å². The molecule has 1 aliphatic rings. The predicted octanol–water partition coefficient (Wildman–Crippen LogP) is -0.557. The lowest BCUT2D eigenvalue weighted by atomic mass is 10.3. The van der Waals surface area contributed by atoms with Crippen molar-refractivity contribution < 1.29 is 8.42 Å². The van der Waals surface area contributed by atoms with Gasteiger partial charge in [0, 0.05) is 30.7 Å². The van der Waals surface area contributed by atoms with Gasteiger partial charge in [-0.25, -0.2) is 14.3 Å². The molecule has 1 aliphatic heterocycles. The second kappa shape index (κ2) is 4.84. The second-order valence-electron chi connectivity index (χ2n) is 4.13. The number of hydrogen-bond donors (Lipinski definition) is 2. The van der Waals surface area contributed by atoms with Crippen molar-refractivity contribution >= 4 is 26.4 Å². The molecule has 0 bridgehead atoms. The molecule has 1 unspecified atom stereocenters. The van der Waals surface area contributed by atoms with Gasteiger partial charge in [-0.1, -0.05) is 4.49 Å². The number of nitrogens with two attached hydrogens (primary N) is 1. The lowest BCUT2D eigenvalue weighted by molar-refractivity contribution is 0.216. The first-order chi connectivity index (χ1) is 8.02. The summed E-state index contributed by atoms with van der Waals surface area (Å²) in [4.78, 5) is 2.08. The summed E-state index contributed by atoms with van der Waals surface area (Å²) in [6.07, 6.45) is 0. The van der Waals surface area contributed by atoms with Gasteiger partial charge in [0.2, 0.25) is 0 Å². The van der Waals surface area contributed by atoms with Gasteiger partial charge in [0.25, 0.3) is 0 Å². The van der Waals surface area contributed by atoms with Crippen LogP contribution in [-0.4, -0.2) is 47.0 Å². The highest BCUT2D eigenvalue weighted by atomic mass is 32.2. The van der Waals surface area contributed by atoms with E-state index in [1.807, 2.05) is 6.92 Å². The number of nitrogens with zero attached hydrogens (tertiary/aromatic N) is 3. The minimum atomic E-state index is -2.87. The fourth-order valence-electron chi connectivity index (χ4n) is 1.88. The van der Waals surface area contributed by atoms with Crippen molar-refractivity contribution in [1.82, 2.24) is 14.5 Å². The van der Waals surface area contributed by atoms with E-state index >= 15 is 0 Å². The van der Waals surface area contributed by atoms with Gasteiger partial charge < -0.3 is 5.43 Å². The first-order valence-corrected chi connectivity index (χ1v) is 7.83. The number of rotatable bonds is 3. The molecular weight excluding hydrogens is 262 g/mol. The van der Waals surface area contributed by atoms with Gasteiger partial charge in [-0.15, -0.1) is 5.10 Å². The maximum Gasteiger partial charge on any atom is 0.153 e. The lowest BCUT2D eigenvalue weighted by Crippen LogP contribution is -2.46. The second-order valence-corrected chi connectivity index (χ2v) is 7.11. The average molecular weight is 277 g/mol. The zero-order valence-corrected chi connectivity index (χ0v) is 11.1. The molecule has 2 rings (SSSR count). The van der Waals surface area contributed by atoms with E-state index in [2.05, 4.69) is 19.9 Å². The summed E-state index contributed by atoms with van der Waals surface area (Å²) in [6.45, 7) is 3.02. The molecular formula is C8H15N5O2S2. The minimum absolute atomic E-state index is 0.000995. The molecule has 1 saturated heterocycles. The van der Waals surface area contributed by atoms with Crippen LogP contribution in [-0.2, 0) is 16.4 Å². The van der Waals surface area contributed by atoms with Crippen molar-refractivity contribution in [1.29, 1.82) is 0 Å². The van der Waals surface area contributed by atoms with Crippen LogP contribution in [0.4, 0.5) is 5.00 Å². The summed E-state index contributed by atoms with van der Waals surface area (Å²) in [6, 6.07) is 0.000995. The molecule has 1 aromatic heterocycles. The average Bonchev–Trinajstić information content (AvgIpc) is 2.69. The summed E-state index contributed by atoms with van der Waals surface area (Å²) in [7, 11) is -2.87. The van der Waals surface area contributed by atoms with Crippen molar-refractivity contribution in [2.24, 2.45) is 5.84 Å². The zero-order valence-electron chi connectivity index (χ0n) is 9.46. The van der Waals surface area contributed by atoms with Crippen molar-refractivity contribution in [2.45, 2.75) is 19.5 Å².